The molecule has 1 amide bonds. The SMILES string of the molecule is Cc1nc(C)c(CC(=O)NC2CCN(c3ccc(C(F)(F)F)cn3)CC2)c(=O)[nH]1. The summed E-state index contributed by atoms with van der Waals surface area (Å²) in [6, 6.07) is 2.32. The first-order chi connectivity index (χ1) is 13.6. The summed E-state index contributed by atoms with van der Waals surface area (Å²) in [6.45, 7) is 4.50. The van der Waals surface area contributed by atoms with Gasteiger partial charge in [0.05, 0.1) is 12.0 Å². The normalized spacial score (nSPS) is 15.4. The largest absolute Gasteiger partial charge is 0.417 e. The van der Waals surface area contributed by atoms with Crippen molar-refractivity contribution in [1.29, 1.82) is 0 Å². The van der Waals surface area contributed by atoms with Gasteiger partial charge in [-0.05, 0) is 38.8 Å². The van der Waals surface area contributed by atoms with Gasteiger partial charge >= 0.3 is 6.18 Å². The summed E-state index contributed by atoms with van der Waals surface area (Å²) in [5.41, 5.74) is -0.211. The number of carbonyl (C=O) groups is 1. The third kappa shape index (κ3) is 5.12. The number of pyridine rings is 1. The topological polar surface area (TPSA) is 91.0 Å². The molecule has 0 spiro atoms. The van der Waals surface area contributed by atoms with Gasteiger partial charge in [-0.2, -0.15) is 13.2 Å². The maximum absolute atomic E-state index is 12.6. The molecule has 0 saturated carbocycles. The van der Waals surface area contributed by atoms with Crippen molar-refractivity contribution in [3.8, 4) is 0 Å². The van der Waals surface area contributed by atoms with Gasteiger partial charge in [0, 0.05) is 36.6 Å². The highest BCUT2D eigenvalue weighted by Crippen LogP contribution is 2.29. The number of carbonyl (C=O) groups excluding carboxylic acids is 1. The number of hydrogen-bond donors (Lipinski definition) is 2. The van der Waals surface area contributed by atoms with Crippen LogP contribution >= 0.6 is 0 Å². The van der Waals surface area contributed by atoms with Crippen LogP contribution in [0.4, 0.5) is 19.0 Å². The fourth-order valence-electron chi connectivity index (χ4n) is 3.39. The Morgan fingerprint density at radius 3 is 2.52 bits per heavy atom. The lowest BCUT2D eigenvalue weighted by molar-refractivity contribution is -0.137. The van der Waals surface area contributed by atoms with Gasteiger partial charge in [0.2, 0.25) is 5.91 Å². The Bertz CT molecular complexity index is 932. The number of aromatic amines is 1. The number of rotatable bonds is 4. The zero-order chi connectivity index (χ0) is 21.2. The number of nitrogens with one attached hydrogen (secondary N) is 2. The van der Waals surface area contributed by atoms with E-state index in [0.29, 0.717) is 48.8 Å². The quantitative estimate of drug-likeness (QED) is 0.807. The average molecular weight is 409 g/mol. The number of nitrogens with zero attached hydrogens (tertiary/aromatic N) is 3. The number of piperidine rings is 1. The third-order valence-electron chi connectivity index (χ3n) is 4.94. The monoisotopic (exact) mass is 409 g/mol. The molecule has 29 heavy (non-hydrogen) atoms. The van der Waals surface area contributed by atoms with E-state index in [-0.39, 0.29) is 23.9 Å². The highest BCUT2D eigenvalue weighted by Gasteiger charge is 2.31. The molecule has 2 N–H and O–H groups in total. The van der Waals surface area contributed by atoms with Crippen LogP contribution in [0.25, 0.3) is 0 Å². The number of H-pyrrole nitrogens is 1. The van der Waals surface area contributed by atoms with Gasteiger partial charge in [-0.3, -0.25) is 9.59 Å². The molecule has 156 valence electrons. The van der Waals surface area contributed by atoms with Crippen LogP contribution in [0.3, 0.4) is 0 Å². The first-order valence-corrected chi connectivity index (χ1v) is 9.27. The van der Waals surface area contributed by atoms with E-state index in [1.165, 1.54) is 6.07 Å². The second-order valence-electron chi connectivity index (χ2n) is 7.12. The molecule has 1 fully saturated rings. The summed E-state index contributed by atoms with van der Waals surface area (Å²) in [7, 11) is 0. The first kappa shape index (κ1) is 20.8. The molecule has 1 aliphatic heterocycles. The lowest BCUT2D eigenvalue weighted by atomic mass is 10.0. The van der Waals surface area contributed by atoms with Crippen molar-refractivity contribution in [1.82, 2.24) is 20.3 Å². The minimum absolute atomic E-state index is 0.0465. The Morgan fingerprint density at radius 1 is 1.28 bits per heavy atom. The minimum atomic E-state index is -4.41. The van der Waals surface area contributed by atoms with Crippen LogP contribution in [0.2, 0.25) is 0 Å². The molecule has 2 aromatic rings. The lowest BCUT2D eigenvalue weighted by Gasteiger charge is -2.33. The molecular weight excluding hydrogens is 387 g/mol. The number of alkyl halides is 3. The van der Waals surface area contributed by atoms with Gasteiger partial charge in [0.15, 0.2) is 0 Å². The van der Waals surface area contributed by atoms with Crippen LogP contribution in [0.5, 0.6) is 0 Å². The smallest absolute Gasteiger partial charge is 0.356 e. The Balaban J connectivity index is 1.53. The third-order valence-corrected chi connectivity index (χ3v) is 4.94. The summed E-state index contributed by atoms with van der Waals surface area (Å²) in [4.78, 5) is 36.9. The standard InChI is InChI=1S/C19H22F3N5O2/c1-11-15(18(29)25-12(2)24-11)9-17(28)26-14-5-7-27(8-6-14)16-4-3-13(10-23-16)19(20,21)22/h3-4,10,14H,5-9H2,1-2H3,(H,26,28)(H,24,25,29). The molecule has 0 radical (unpaired) electrons. The van der Waals surface area contributed by atoms with Gasteiger partial charge in [0.25, 0.3) is 5.56 Å². The van der Waals surface area contributed by atoms with Gasteiger partial charge in [-0.1, -0.05) is 0 Å². The molecule has 3 heterocycles. The highest BCUT2D eigenvalue weighted by molar-refractivity contribution is 5.79. The minimum Gasteiger partial charge on any atom is -0.356 e. The van der Waals surface area contributed by atoms with E-state index in [2.05, 4.69) is 20.3 Å². The van der Waals surface area contributed by atoms with Crippen LogP contribution in [0.1, 0.15) is 35.5 Å². The molecule has 3 rings (SSSR count). The Kier molecular flexibility index (Phi) is 5.90. The average Bonchev–Trinajstić information content (AvgIpc) is 2.65. The van der Waals surface area contributed by atoms with E-state index < -0.39 is 11.7 Å². The second kappa shape index (κ2) is 8.22. The van der Waals surface area contributed by atoms with Crippen LogP contribution in [-0.4, -0.2) is 40.0 Å². The predicted octanol–water partition coefficient (Wildman–Crippen LogP) is 2.13. The summed E-state index contributed by atoms with van der Waals surface area (Å²) in [6.07, 6.45) is -2.35. The molecule has 0 aliphatic carbocycles. The van der Waals surface area contributed by atoms with Crippen molar-refractivity contribution in [3.63, 3.8) is 0 Å². The van der Waals surface area contributed by atoms with Crippen molar-refractivity contribution < 1.29 is 18.0 Å². The summed E-state index contributed by atoms with van der Waals surface area (Å²) in [5, 5.41) is 2.92. The zero-order valence-electron chi connectivity index (χ0n) is 16.1. The van der Waals surface area contributed by atoms with E-state index in [9.17, 15) is 22.8 Å². The molecule has 0 unspecified atom stereocenters. The van der Waals surface area contributed by atoms with Crippen molar-refractivity contribution in [2.24, 2.45) is 0 Å². The number of halogens is 3. The van der Waals surface area contributed by atoms with Gasteiger partial charge < -0.3 is 15.2 Å². The summed E-state index contributed by atoms with van der Waals surface area (Å²) < 4.78 is 37.9. The molecule has 1 aliphatic rings. The number of anilines is 1. The van der Waals surface area contributed by atoms with Crippen molar-refractivity contribution in [3.05, 3.63) is 51.3 Å². The lowest BCUT2D eigenvalue weighted by Crippen LogP contribution is -2.45. The predicted molar refractivity (Wildman–Crippen MR) is 101 cm³/mol. The molecule has 0 bridgehead atoms. The summed E-state index contributed by atoms with van der Waals surface area (Å²) >= 11 is 0. The van der Waals surface area contributed by atoms with Gasteiger partial charge in [-0.15, -0.1) is 0 Å². The number of aryl methyl sites for hydroxylation is 2. The molecule has 2 aromatic heterocycles. The van der Waals surface area contributed by atoms with Crippen LogP contribution in [0.15, 0.2) is 23.1 Å². The molecule has 1 saturated heterocycles. The first-order valence-electron chi connectivity index (χ1n) is 9.27. The Hall–Kier alpha value is -2.91. The van der Waals surface area contributed by atoms with E-state index in [1.54, 1.807) is 13.8 Å². The van der Waals surface area contributed by atoms with E-state index >= 15 is 0 Å². The van der Waals surface area contributed by atoms with E-state index in [1.807, 2.05) is 4.90 Å². The highest BCUT2D eigenvalue weighted by atomic mass is 19.4. The molecule has 7 nitrogen and oxygen atoms in total. The molecule has 0 aromatic carbocycles. The van der Waals surface area contributed by atoms with Gasteiger partial charge in [0.1, 0.15) is 11.6 Å². The van der Waals surface area contributed by atoms with E-state index in [0.717, 1.165) is 12.3 Å². The fraction of sp³-hybridized carbons (Fsp3) is 0.474. The molecular formula is C19H22F3N5O2. The molecule has 10 heteroatoms. The van der Waals surface area contributed by atoms with Crippen molar-refractivity contribution >= 4 is 11.7 Å². The molecule has 0 atom stereocenters. The number of amides is 1. The number of aromatic nitrogens is 3. The van der Waals surface area contributed by atoms with Crippen molar-refractivity contribution in [2.45, 2.75) is 45.3 Å². The Labute approximate surface area is 165 Å². The number of hydrogen-bond acceptors (Lipinski definition) is 5. The van der Waals surface area contributed by atoms with Crippen molar-refractivity contribution in [2.75, 3.05) is 18.0 Å². The van der Waals surface area contributed by atoms with E-state index in [4.69, 9.17) is 0 Å². The van der Waals surface area contributed by atoms with Crippen LogP contribution in [-0.2, 0) is 17.4 Å². The fourth-order valence-corrected chi connectivity index (χ4v) is 3.39. The van der Waals surface area contributed by atoms with Gasteiger partial charge in [-0.25, -0.2) is 9.97 Å². The maximum Gasteiger partial charge on any atom is 0.417 e. The maximum atomic E-state index is 12.6. The zero-order valence-corrected chi connectivity index (χ0v) is 16.1. The van der Waals surface area contributed by atoms with Crippen LogP contribution < -0.4 is 15.8 Å². The van der Waals surface area contributed by atoms with Crippen LogP contribution in [0, 0.1) is 13.8 Å². The second-order valence-corrected chi connectivity index (χ2v) is 7.12. The Morgan fingerprint density at radius 2 is 1.97 bits per heavy atom. The summed E-state index contributed by atoms with van der Waals surface area (Å²) in [5.74, 6) is 0.729.